The normalized spacial score (nSPS) is 11.1. The maximum absolute atomic E-state index is 12.2. The summed E-state index contributed by atoms with van der Waals surface area (Å²) in [6.07, 6.45) is 2.49. The van der Waals surface area contributed by atoms with Crippen molar-refractivity contribution in [1.29, 1.82) is 0 Å². The third-order valence-corrected chi connectivity index (χ3v) is 3.65. The van der Waals surface area contributed by atoms with E-state index in [0.717, 1.165) is 26.8 Å². The van der Waals surface area contributed by atoms with Crippen LogP contribution in [-0.2, 0) is 11.3 Å². The summed E-state index contributed by atoms with van der Waals surface area (Å²) in [5, 5.41) is 31.0. The van der Waals surface area contributed by atoms with E-state index < -0.39 is 16.8 Å². The predicted octanol–water partition coefficient (Wildman–Crippen LogP) is 1.54. The highest BCUT2D eigenvalue weighted by molar-refractivity contribution is 6.02. The molecule has 0 radical (unpaired) electrons. The van der Waals surface area contributed by atoms with Gasteiger partial charge in [-0.1, -0.05) is 35.3 Å². The fourth-order valence-electron chi connectivity index (χ4n) is 2.31. The number of phenols is 1. The van der Waals surface area contributed by atoms with Crippen LogP contribution in [0.4, 0.5) is 5.95 Å². The highest BCUT2D eigenvalue weighted by Gasteiger charge is 2.17. The van der Waals surface area contributed by atoms with Gasteiger partial charge in [0.05, 0.1) is 6.21 Å². The zero-order valence-electron chi connectivity index (χ0n) is 13.7. The summed E-state index contributed by atoms with van der Waals surface area (Å²) in [4.78, 5) is 25.4. The quantitative estimate of drug-likeness (QED) is 0.421. The molecule has 0 spiro atoms. The summed E-state index contributed by atoms with van der Waals surface area (Å²) in [6.45, 7) is -0.254. The number of carbonyl (C=O) groups excluding carboxylic acids is 1. The number of benzene rings is 2. The molecule has 0 aliphatic heterocycles. The van der Waals surface area contributed by atoms with Crippen molar-refractivity contribution in [2.24, 2.45) is 5.10 Å². The van der Waals surface area contributed by atoms with Gasteiger partial charge in [0, 0.05) is 17.7 Å². The molecule has 1 N–H and O–H groups in total. The number of aromatic nitrogens is 3. The Morgan fingerprint density at radius 3 is 2.88 bits per heavy atom. The Morgan fingerprint density at radius 1 is 1.38 bits per heavy atom. The van der Waals surface area contributed by atoms with E-state index in [2.05, 4.69) is 15.2 Å². The maximum atomic E-state index is 12.2. The molecular formula is C16H14N6O4. The van der Waals surface area contributed by atoms with Crippen LogP contribution in [-0.4, -0.2) is 49.0 Å². The molecule has 1 heterocycles. The van der Waals surface area contributed by atoms with Gasteiger partial charge in [-0.05, 0) is 21.8 Å². The summed E-state index contributed by atoms with van der Waals surface area (Å²) in [5.74, 6) is -0.995. The number of likely N-dealkylation sites (N-methyl/N-ethyl adjacent to an activating group) is 1. The number of hydrazone groups is 1. The first-order valence-corrected chi connectivity index (χ1v) is 7.51. The number of rotatable bonds is 5. The third-order valence-electron chi connectivity index (χ3n) is 3.65. The smallest absolute Gasteiger partial charge is 0.490 e. The number of amides is 1. The molecule has 0 saturated carbocycles. The second-order valence-electron chi connectivity index (χ2n) is 5.38. The van der Waals surface area contributed by atoms with E-state index in [0.29, 0.717) is 5.56 Å². The monoisotopic (exact) mass is 354 g/mol. The Bertz CT molecular complexity index is 1010. The van der Waals surface area contributed by atoms with Gasteiger partial charge in [0.15, 0.2) is 0 Å². The maximum Gasteiger partial charge on any atom is 0.490 e. The first-order chi connectivity index (χ1) is 12.5. The van der Waals surface area contributed by atoms with Crippen molar-refractivity contribution in [2.75, 3.05) is 7.05 Å². The van der Waals surface area contributed by atoms with Gasteiger partial charge in [-0.15, -0.1) is 0 Å². The molecule has 1 amide bonds. The van der Waals surface area contributed by atoms with Gasteiger partial charge in [-0.3, -0.25) is 4.79 Å². The van der Waals surface area contributed by atoms with E-state index in [-0.39, 0.29) is 12.3 Å². The van der Waals surface area contributed by atoms with Gasteiger partial charge in [0.2, 0.25) is 6.33 Å². The summed E-state index contributed by atoms with van der Waals surface area (Å²) >= 11 is 0. The van der Waals surface area contributed by atoms with E-state index in [4.69, 9.17) is 0 Å². The largest absolute Gasteiger partial charge is 0.507 e. The van der Waals surface area contributed by atoms with Gasteiger partial charge in [-0.25, -0.2) is 5.01 Å². The van der Waals surface area contributed by atoms with Crippen LogP contribution in [0.25, 0.3) is 10.8 Å². The number of hydrogen-bond donors (Lipinski definition) is 1. The molecule has 2 aromatic carbocycles. The zero-order valence-corrected chi connectivity index (χ0v) is 13.7. The van der Waals surface area contributed by atoms with Crippen LogP contribution in [0.5, 0.6) is 5.75 Å². The van der Waals surface area contributed by atoms with Crippen molar-refractivity contribution in [1.82, 2.24) is 19.8 Å². The average molecular weight is 354 g/mol. The number of nitrogens with zero attached hydrogens (tertiary/aromatic N) is 6. The Hall–Kier alpha value is -3.82. The summed E-state index contributed by atoms with van der Waals surface area (Å²) in [7, 11) is 1.44. The lowest BCUT2D eigenvalue weighted by Crippen LogP contribution is -2.26. The molecule has 0 aliphatic rings. The fraction of sp³-hybridized carbons (Fsp3) is 0.125. The Morgan fingerprint density at radius 2 is 2.15 bits per heavy atom. The minimum absolute atomic E-state index is 0.0419. The van der Waals surface area contributed by atoms with Crippen LogP contribution in [0, 0.1) is 10.1 Å². The predicted molar refractivity (Wildman–Crippen MR) is 92.7 cm³/mol. The molecule has 132 valence electrons. The number of fused-ring (bicyclic) bond motifs is 1. The topological polar surface area (TPSA) is 127 Å². The van der Waals surface area contributed by atoms with Gasteiger partial charge in [-0.2, -0.15) is 9.78 Å². The molecule has 0 fully saturated rings. The number of hydrogen-bond acceptors (Lipinski definition) is 7. The van der Waals surface area contributed by atoms with E-state index in [1.54, 1.807) is 12.1 Å². The molecule has 0 unspecified atom stereocenters. The van der Waals surface area contributed by atoms with Gasteiger partial charge in [0.1, 0.15) is 12.3 Å². The summed E-state index contributed by atoms with van der Waals surface area (Å²) in [6, 6.07) is 10.8. The van der Waals surface area contributed by atoms with E-state index in [1.807, 2.05) is 24.3 Å². The first-order valence-electron chi connectivity index (χ1n) is 7.51. The van der Waals surface area contributed by atoms with Gasteiger partial charge >= 0.3 is 5.95 Å². The number of nitro groups is 1. The number of phenolic OH excluding ortho intramolecular Hbond substituents is 1. The van der Waals surface area contributed by atoms with Crippen LogP contribution in [0.15, 0.2) is 47.8 Å². The molecule has 10 heteroatoms. The van der Waals surface area contributed by atoms with Crippen molar-refractivity contribution < 1.29 is 14.8 Å². The second kappa shape index (κ2) is 6.97. The Kier molecular flexibility index (Phi) is 4.56. The number of carbonyl (C=O) groups is 1. The van der Waals surface area contributed by atoms with Crippen LogP contribution in [0.3, 0.4) is 0 Å². The molecule has 3 aromatic rings. The lowest BCUT2D eigenvalue weighted by molar-refractivity contribution is -0.394. The van der Waals surface area contributed by atoms with Crippen molar-refractivity contribution >= 4 is 28.8 Å². The standard InChI is InChI=1S/C16H14N6O4/c1-20(15(24)9-21-10-17-16(19-21)22(25)26)18-8-13-12-5-3-2-4-11(12)6-7-14(13)23/h2-8,10,23H,9H2,1H3/b18-8+. The zero-order chi connectivity index (χ0) is 18.7. The van der Waals surface area contributed by atoms with Crippen molar-refractivity contribution in [3.63, 3.8) is 0 Å². The summed E-state index contributed by atoms with van der Waals surface area (Å²) < 4.78 is 1.06. The van der Waals surface area contributed by atoms with Gasteiger partial charge < -0.3 is 15.2 Å². The molecule has 0 atom stereocenters. The molecule has 1 aromatic heterocycles. The number of aromatic hydroxyl groups is 1. The Balaban J connectivity index is 1.76. The third kappa shape index (κ3) is 3.48. The highest BCUT2D eigenvalue weighted by Crippen LogP contribution is 2.25. The lowest BCUT2D eigenvalue weighted by Gasteiger charge is -2.10. The molecule has 3 rings (SSSR count). The van der Waals surface area contributed by atoms with Crippen LogP contribution >= 0.6 is 0 Å². The van der Waals surface area contributed by atoms with Crippen LogP contribution < -0.4 is 0 Å². The van der Waals surface area contributed by atoms with E-state index >= 15 is 0 Å². The van der Waals surface area contributed by atoms with Crippen molar-refractivity contribution in [3.05, 3.63) is 58.4 Å². The minimum Gasteiger partial charge on any atom is -0.507 e. The van der Waals surface area contributed by atoms with Crippen LogP contribution in [0.2, 0.25) is 0 Å². The van der Waals surface area contributed by atoms with Gasteiger partial charge in [0.25, 0.3) is 5.91 Å². The highest BCUT2D eigenvalue weighted by atomic mass is 16.6. The molecule has 0 bridgehead atoms. The van der Waals surface area contributed by atoms with Crippen molar-refractivity contribution in [2.45, 2.75) is 6.54 Å². The minimum atomic E-state index is -0.744. The SMILES string of the molecule is CN(/N=C/c1c(O)ccc2ccccc12)C(=O)Cn1cnc([N+](=O)[O-])n1. The molecule has 0 aliphatic carbocycles. The lowest BCUT2D eigenvalue weighted by atomic mass is 10.0. The summed E-state index contributed by atoms with van der Waals surface area (Å²) in [5.41, 5.74) is 0.485. The second-order valence-corrected chi connectivity index (χ2v) is 5.38. The molecule has 10 nitrogen and oxygen atoms in total. The van der Waals surface area contributed by atoms with Crippen LogP contribution in [0.1, 0.15) is 5.56 Å². The molecule has 26 heavy (non-hydrogen) atoms. The fourth-order valence-corrected chi connectivity index (χ4v) is 2.31. The van der Waals surface area contributed by atoms with Crippen molar-refractivity contribution in [3.8, 4) is 5.75 Å². The molecule has 0 saturated heterocycles. The molecular weight excluding hydrogens is 340 g/mol. The Labute approximate surface area is 147 Å². The first kappa shape index (κ1) is 17.0. The van der Waals surface area contributed by atoms with E-state index in [1.165, 1.54) is 13.3 Å². The average Bonchev–Trinajstić information content (AvgIpc) is 3.09. The van der Waals surface area contributed by atoms with E-state index in [9.17, 15) is 20.0 Å².